The van der Waals surface area contributed by atoms with Gasteiger partial charge in [-0.15, -0.1) is 0 Å². The predicted octanol–water partition coefficient (Wildman–Crippen LogP) is 0.874. The second-order valence-corrected chi connectivity index (χ2v) is 5.06. The first-order valence-electron chi connectivity index (χ1n) is 7.13. The van der Waals surface area contributed by atoms with Crippen molar-refractivity contribution in [2.75, 3.05) is 44.7 Å². The molecule has 4 nitrogen and oxygen atoms in total. The molecule has 0 saturated heterocycles. The number of nitrogens with one attached hydrogen (secondary N) is 1. The minimum atomic E-state index is 0.147. The van der Waals surface area contributed by atoms with Gasteiger partial charge in [-0.1, -0.05) is 12.1 Å². The average Bonchev–Trinajstić information content (AvgIpc) is 2.45. The molecule has 0 amide bonds. The van der Waals surface area contributed by atoms with Crippen molar-refractivity contribution in [1.82, 2.24) is 4.90 Å². The molecule has 0 unspecified atom stereocenters. The molecule has 2 rings (SSSR count). The molecular formula is C15H24N2O2. The molecule has 0 bridgehead atoms. The van der Waals surface area contributed by atoms with Crippen LogP contribution in [0.15, 0.2) is 18.2 Å². The van der Waals surface area contributed by atoms with Crippen molar-refractivity contribution in [3.05, 3.63) is 29.3 Å². The lowest BCUT2D eigenvalue weighted by Gasteiger charge is -2.21. The number of nitrogens with zero attached hydrogens (tertiary/aromatic N) is 1. The largest absolute Gasteiger partial charge is 0.395 e. The van der Waals surface area contributed by atoms with Crippen molar-refractivity contribution >= 4 is 5.69 Å². The highest BCUT2D eigenvalue weighted by Crippen LogP contribution is 2.23. The average molecular weight is 264 g/mol. The van der Waals surface area contributed by atoms with Crippen LogP contribution in [0.1, 0.15) is 17.5 Å². The molecule has 1 heterocycles. The van der Waals surface area contributed by atoms with Gasteiger partial charge in [-0.05, 0) is 36.5 Å². The van der Waals surface area contributed by atoms with E-state index in [1.165, 1.54) is 23.2 Å². The number of hydrogen-bond donors (Lipinski definition) is 3. The van der Waals surface area contributed by atoms with Crippen molar-refractivity contribution < 1.29 is 10.2 Å². The Balaban J connectivity index is 1.91. The lowest BCUT2D eigenvalue weighted by Crippen LogP contribution is -2.31. The van der Waals surface area contributed by atoms with Crippen LogP contribution in [0.25, 0.3) is 0 Å². The summed E-state index contributed by atoms with van der Waals surface area (Å²) in [5.41, 5.74) is 4.03. The Morgan fingerprint density at radius 1 is 1.11 bits per heavy atom. The zero-order valence-corrected chi connectivity index (χ0v) is 11.4. The first kappa shape index (κ1) is 14.3. The third-order valence-corrected chi connectivity index (χ3v) is 3.66. The Hall–Kier alpha value is -1.10. The molecule has 1 aliphatic heterocycles. The van der Waals surface area contributed by atoms with Crippen LogP contribution in [0.5, 0.6) is 0 Å². The molecule has 1 aromatic carbocycles. The number of aliphatic hydroxyl groups is 2. The maximum atomic E-state index is 8.99. The molecule has 106 valence electrons. The van der Waals surface area contributed by atoms with Crippen molar-refractivity contribution in [3.8, 4) is 0 Å². The first-order chi connectivity index (χ1) is 9.33. The maximum absolute atomic E-state index is 8.99. The summed E-state index contributed by atoms with van der Waals surface area (Å²) >= 11 is 0. The van der Waals surface area contributed by atoms with Gasteiger partial charge in [0, 0.05) is 31.9 Å². The van der Waals surface area contributed by atoms with Crippen molar-refractivity contribution in [2.45, 2.75) is 19.3 Å². The van der Waals surface area contributed by atoms with Gasteiger partial charge in [-0.25, -0.2) is 0 Å². The highest BCUT2D eigenvalue weighted by Gasteiger charge is 2.09. The van der Waals surface area contributed by atoms with Crippen LogP contribution >= 0.6 is 0 Å². The van der Waals surface area contributed by atoms with Gasteiger partial charge in [0.2, 0.25) is 0 Å². The number of fused-ring (bicyclic) bond motifs is 1. The van der Waals surface area contributed by atoms with Crippen molar-refractivity contribution in [2.24, 2.45) is 0 Å². The van der Waals surface area contributed by atoms with Crippen LogP contribution in [0.2, 0.25) is 0 Å². The van der Waals surface area contributed by atoms with Crippen LogP contribution < -0.4 is 5.32 Å². The fourth-order valence-corrected chi connectivity index (χ4v) is 2.59. The third-order valence-electron chi connectivity index (χ3n) is 3.66. The van der Waals surface area contributed by atoms with Gasteiger partial charge in [-0.2, -0.15) is 0 Å². The van der Waals surface area contributed by atoms with Gasteiger partial charge >= 0.3 is 0 Å². The van der Waals surface area contributed by atoms with Crippen LogP contribution in [0.3, 0.4) is 0 Å². The second kappa shape index (κ2) is 7.48. The van der Waals surface area contributed by atoms with E-state index in [0.29, 0.717) is 13.1 Å². The van der Waals surface area contributed by atoms with Crippen LogP contribution in [-0.2, 0) is 12.8 Å². The van der Waals surface area contributed by atoms with E-state index in [2.05, 4.69) is 28.4 Å². The summed E-state index contributed by atoms with van der Waals surface area (Å²) in [4.78, 5) is 2.09. The van der Waals surface area contributed by atoms with Gasteiger partial charge in [-0.3, -0.25) is 4.90 Å². The topological polar surface area (TPSA) is 55.7 Å². The van der Waals surface area contributed by atoms with Gasteiger partial charge in [0.25, 0.3) is 0 Å². The number of rotatable bonds is 7. The summed E-state index contributed by atoms with van der Waals surface area (Å²) in [6.07, 6.45) is 3.33. The van der Waals surface area contributed by atoms with Gasteiger partial charge in [0.05, 0.1) is 13.2 Å². The molecular weight excluding hydrogens is 240 g/mol. The minimum Gasteiger partial charge on any atom is -0.395 e. The molecule has 0 aromatic heterocycles. The van der Waals surface area contributed by atoms with E-state index in [0.717, 1.165) is 25.9 Å². The van der Waals surface area contributed by atoms with Crippen molar-refractivity contribution in [1.29, 1.82) is 0 Å². The number of hydrogen-bond acceptors (Lipinski definition) is 4. The molecule has 0 radical (unpaired) electrons. The molecule has 0 saturated carbocycles. The number of anilines is 1. The normalized spacial score (nSPS) is 14.3. The SMILES string of the molecule is OCCN(CCO)CCc1ccc2c(c1)CCCN2. The predicted molar refractivity (Wildman–Crippen MR) is 77.6 cm³/mol. The molecule has 0 fully saturated rings. The Morgan fingerprint density at radius 2 is 1.89 bits per heavy atom. The van der Waals surface area contributed by atoms with Crippen LogP contribution in [0.4, 0.5) is 5.69 Å². The fourth-order valence-electron chi connectivity index (χ4n) is 2.59. The number of aryl methyl sites for hydroxylation is 1. The lowest BCUT2D eigenvalue weighted by atomic mass is 9.99. The van der Waals surface area contributed by atoms with E-state index in [1.807, 2.05) is 0 Å². The van der Waals surface area contributed by atoms with E-state index in [1.54, 1.807) is 0 Å². The fraction of sp³-hybridized carbons (Fsp3) is 0.600. The molecule has 3 N–H and O–H groups in total. The smallest absolute Gasteiger partial charge is 0.0558 e. The molecule has 1 aliphatic rings. The number of aliphatic hydroxyl groups excluding tert-OH is 2. The molecule has 0 atom stereocenters. The zero-order valence-electron chi connectivity index (χ0n) is 11.4. The van der Waals surface area contributed by atoms with E-state index in [9.17, 15) is 0 Å². The maximum Gasteiger partial charge on any atom is 0.0558 e. The molecule has 0 spiro atoms. The number of benzene rings is 1. The monoisotopic (exact) mass is 264 g/mol. The van der Waals surface area contributed by atoms with E-state index < -0.39 is 0 Å². The van der Waals surface area contributed by atoms with Gasteiger partial charge in [0.15, 0.2) is 0 Å². The lowest BCUT2D eigenvalue weighted by molar-refractivity contribution is 0.162. The summed E-state index contributed by atoms with van der Waals surface area (Å²) in [6.45, 7) is 3.52. The van der Waals surface area contributed by atoms with Gasteiger partial charge in [0.1, 0.15) is 0 Å². The quantitative estimate of drug-likeness (QED) is 0.684. The molecule has 19 heavy (non-hydrogen) atoms. The van der Waals surface area contributed by atoms with E-state index >= 15 is 0 Å². The highest BCUT2D eigenvalue weighted by molar-refractivity contribution is 5.54. The standard InChI is InChI=1S/C15H24N2O2/c18-10-8-17(9-11-19)7-5-13-3-4-15-14(12-13)2-1-6-16-15/h3-4,12,16,18-19H,1-2,5-11H2. The summed E-state index contributed by atoms with van der Waals surface area (Å²) in [6, 6.07) is 6.64. The van der Waals surface area contributed by atoms with Gasteiger partial charge < -0.3 is 15.5 Å². The third kappa shape index (κ3) is 4.20. The summed E-state index contributed by atoms with van der Waals surface area (Å²) in [5, 5.41) is 21.4. The molecule has 1 aromatic rings. The Kier molecular flexibility index (Phi) is 5.63. The van der Waals surface area contributed by atoms with Crippen molar-refractivity contribution in [3.63, 3.8) is 0 Å². The summed E-state index contributed by atoms with van der Waals surface area (Å²) in [7, 11) is 0. The minimum absolute atomic E-state index is 0.147. The summed E-state index contributed by atoms with van der Waals surface area (Å²) < 4.78 is 0. The zero-order chi connectivity index (χ0) is 13.5. The summed E-state index contributed by atoms with van der Waals surface area (Å²) in [5.74, 6) is 0. The Morgan fingerprint density at radius 3 is 2.63 bits per heavy atom. The van der Waals surface area contributed by atoms with Crippen LogP contribution in [0, 0.1) is 0 Å². The van der Waals surface area contributed by atoms with E-state index in [4.69, 9.17) is 10.2 Å². The van der Waals surface area contributed by atoms with E-state index in [-0.39, 0.29) is 13.2 Å². The Bertz CT molecular complexity index is 390. The Labute approximate surface area is 115 Å². The first-order valence-corrected chi connectivity index (χ1v) is 7.13. The molecule has 4 heteroatoms. The van der Waals surface area contributed by atoms with Crippen LogP contribution in [-0.4, -0.2) is 54.5 Å². The second-order valence-electron chi connectivity index (χ2n) is 5.06. The molecule has 0 aliphatic carbocycles. The highest BCUT2D eigenvalue weighted by atomic mass is 16.3.